The van der Waals surface area contributed by atoms with Gasteiger partial charge in [0.05, 0.1) is 22.8 Å². The second-order valence-electron chi connectivity index (χ2n) is 12.2. The minimum absolute atomic E-state index is 0.143. The summed E-state index contributed by atoms with van der Waals surface area (Å²) in [5.41, 5.74) is 49.0. The van der Waals surface area contributed by atoms with Crippen LogP contribution in [-0.2, 0) is 9.59 Å². The summed E-state index contributed by atoms with van der Waals surface area (Å²) < 4.78 is 0. The largest absolute Gasteiger partial charge is 0.369 e. The Bertz CT molecular complexity index is 1630. The van der Waals surface area contributed by atoms with Crippen LogP contribution in [0.15, 0.2) is 77.2 Å². The summed E-state index contributed by atoms with van der Waals surface area (Å²) >= 11 is 0. The standard InChI is InChI=1S/C34H52N18O2/c1-19(45-49-31(35)36)23-13-24(20(2)46-50-32(37)38)16-27(15-23)43-29(53)11-9-7-5-6-8-10-12-30(54)44-28-17-25(21(3)47-51-33(39)40)14-26(18-28)22(4)48-52-34(41)42/h13-18H,5-12H2,1-4H3,(H,43,53)(H,44,54)(H4,35,36,49)(H4,37,38,50)(H4,39,40,51)(H4,41,42,52)/b45-19-,46-20-,47-21?,48-22?. The third kappa shape index (κ3) is 16.9. The molecule has 290 valence electrons. The summed E-state index contributed by atoms with van der Waals surface area (Å²) in [5, 5.41) is 36.8. The Hall–Kier alpha value is -6.86. The zero-order valence-corrected chi connectivity index (χ0v) is 31.1. The quantitative estimate of drug-likeness (QED) is 0.0426. The molecule has 0 unspecified atom stereocenters. The van der Waals surface area contributed by atoms with Crippen LogP contribution in [0.3, 0.4) is 0 Å². The number of nitrogens with zero attached hydrogens (tertiary/aromatic N) is 8. The number of unbranched alkanes of at least 4 members (excludes halogenated alkanes) is 5. The molecular formula is C34H52N18O2. The van der Waals surface area contributed by atoms with Crippen molar-refractivity contribution < 1.29 is 9.59 Å². The van der Waals surface area contributed by atoms with Gasteiger partial charge in [0.15, 0.2) is 0 Å². The lowest BCUT2D eigenvalue weighted by Gasteiger charge is -2.11. The van der Waals surface area contributed by atoms with Gasteiger partial charge >= 0.3 is 0 Å². The average molecular weight is 745 g/mol. The molecule has 2 rings (SSSR count). The molecule has 0 bridgehead atoms. The van der Waals surface area contributed by atoms with Crippen molar-refractivity contribution in [3.8, 4) is 0 Å². The molecule has 0 aliphatic carbocycles. The van der Waals surface area contributed by atoms with Crippen molar-refractivity contribution in [2.75, 3.05) is 10.6 Å². The highest BCUT2D eigenvalue weighted by molar-refractivity contribution is 6.07. The topological polar surface area (TPSA) is 365 Å². The number of carbonyl (C=O) groups excluding carboxylic acids is 2. The SMILES string of the molecule is CC(=NN=C(N)N)c1cc(NC(=O)CCCCCCCCC(=O)Nc2cc(/C(C)=N\N=C(N)N)cc(/C(C)=N\N=C(N)N)c2)cc(C(C)=NN=C(N)N)c1. The summed E-state index contributed by atoms with van der Waals surface area (Å²) in [4.78, 5) is 25.7. The number of hydrogen-bond donors (Lipinski definition) is 10. The second-order valence-corrected chi connectivity index (χ2v) is 12.2. The number of rotatable bonds is 19. The van der Waals surface area contributed by atoms with Crippen molar-refractivity contribution in [3.05, 3.63) is 58.7 Å². The lowest BCUT2D eigenvalue weighted by atomic mass is 10.0. The van der Waals surface area contributed by atoms with Crippen LogP contribution in [0.4, 0.5) is 11.4 Å². The normalized spacial score (nSPS) is 12.0. The lowest BCUT2D eigenvalue weighted by Crippen LogP contribution is -2.22. The van der Waals surface area contributed by atoms with E-state index in [0.717, 1.165) is 25.7 Å². The van der Waals surface area contributed by atoms with Gasteiger partial charge in [-0.25, -0.2) is 0 Å². The van der Waals surface area contributed by atoms with Crippen LogP contribution in [0.5, 0.6) is 0 Å². The van der Waals surface area contributed by atoms with Gasteiger partial charge in [-0.15, -0.1) is 20.4 Å². The van der Waals surface area contributed by atoms with Crippen LogP contribution >= 0.6 is 0 Å². The molecule has 0 aliphatic heterocycles. The minimum Gasteiger partial charge on any atom is -0.369 e. The van der Waals surface area contributed by atoms with Crippen molar-refractivity contribution in [1.82, 2.24) is 0 Å². The highest BCUT2D eigenvalue weighted by Crippen LogP contribution is 2.20. The molecular weight excluding hydrogens is 692 g/mol. The summed E-state index contributed by atoms with van der Waals surface area (Å²) in [5.74, 6) is -1.03. The van der Waals surface area contributed by atoms with E-state index in [1.165, 1.54) is 0 Å². The first-order valence-electron chi connectivity index (χ1n) is 17.0. The zero-order chi connectivity index (χ0) is 40.2. The van der Waals surface area contributed by atoms with Gasteiger partial charge < -0.3 is 56.5 Å². The molecule has 0 atom stereocenters. The Kier molecular flexibility index (Phi) is 17.8. The molecule has 0 radical (unpaired) electrons. The Morgan fingerprint density at radius 3 is 0.889 bits per heavy atom. The molecule has 20 heteroatoms. The van der Waals surface area contributed by atoms with Crippen LogP contribution in [0, 0.1) is 0 Å². The maximum Gasteiger partial charge on any atom is 0.224 e. The Balaban J connectivity index is 1.91. The molecule has 2 amide bonds. The predicted octanol–water partition coefficient (Wildman–Crippen LogP) is 1.37. The van der Waals surface area contributed by atoms with Crippen molar-refractivity contribution in [1.29, 1.82) is 0 Å². The van der Waals surface area contributed by atoms with E-state index in [9.17, 15) is 9.59 Å². The van der Waals surface area contributed by atoms with Crippen molar-refractivity contribution in [3.63, 3.8) is 0 Å². The zero-order valence-electron chi connectivity index (χ0n) is 31.1. The van der Waals surface area contributed by atoms with E-state index in [-0.39, 0.29) is 35.7 Å². The van der Waals surface area contributed by atoms with Crippen LogP contribution in [0.25, 0.3) is 0 Å². The number of hydrogen-bond acceptors (Lipinski definition) is 10. The van der Waals surface area contributed by atoms with E-state index in [0.29, 0.717) is 82.2 Å². The van der Waals surface area contributed by atoms with Crippen LogP contribution in [0.1, 0.15) is 101 Å². The van der Waals surface area contributed by atoms with Gasteiger partial charge in [0.2, 0.25) is 35.7 Å². The number of nitrogens with two attached hydrogens (primary N) is 8. The fraction of sp³-hybridized carbons (Fsp3) is 0.353. The highest BCUT2D eigenvalue weighted by Gasteiger charge is 2.12. The molecule has 0 spiro atoms. The van der Waals surface area contributed by atoms with Crippen LogP contribution in [-0.4, -0.2) is 58.5 Å². The fourth-order valence-corrected chi connectivity index (χ4v) is 4.72. The highest BCUT2D eigenvalue weighted by atomic mass is 16.2. The molecule has 2 aromatic rings. The molecule has 2 aromatic carbocycles. The Labute approximate surface area is 314 Å². The molecule has 0 aromatic heterocycles. The van der Waals surface area contributed by atoms with E-state index in [4.69, 9.17) is 45.9 Å². The molecule has 20 nitrogen and oxygen atoms in total. The lowest BCUT2D eigenvalue weighted by molar-refractivity contribution is -0.117. The summed E-state index contributed by atoms with van der Waals surface area (Å²) in [6, 6.07) is 10.7. The number of amides is 2. The van der Waals surface area contributed by atoms with Gasteiger partial charge in [-0.3, -0.25) is 9.59 Å². The Morgan fingerprint density at radius 2 is 0.648 bits per heavy atom. The predicted molar refractivity (Wildman–Crippen MR) is 219 cm³/mol. The molecule has 0 saturated heterocycles. The van der Waals surface area contributed by atoms with E-state index in [1.807, 2.05) is 0 Å². The van der Waals surface area contributed by atoms with Gasteiger partial charge in [-0.1, -0.05) is 25.7 Å². The smallest absolute Gasteiger partial charge is 0.224 e. The van der Waals surface area contributed by atoms with Gasteiger partial charge in [-0.2, -0.15) is 20.4 Å². The van der Waals surface area contributed by atoms with Crippen molar-refractivity contribution in [2.24, 2.45) is 86.7 Å². The first-order chi connectivity index (χ1) is 25.5. The maximum atomic E-state index is 12.8. The van der Waals surface area contributed by atoms with Gasteiger partial charge in [0.1, 0.15) is 0 Å². The van der Waals surface area contributed by atoms with Gasteiger partial charge in [-0.05, 0) is 76.9 Å². The third-order valence-electron chi connectivity index (χ3n) is 7.42. The average Bonchev–Trinajstić information content (AvgIpc) is 3.11. The minimum atomic E-state index is -0.185. The van der Waals surface area contributed by atoms with Gasteiger partial charge in [0.25, 0.3) is 0 Å². The Morgan fingerprint density at radius 1 is 0.407 bits per heavy atom. The third-order valence-corrected chi connectivity index (χ3v) is 7.42. The number of guanidine groups is 4. The first kappa shape index (κ1) is 43.3. The monoisotopic (exact) mass is 744 g/mol. The van der Waals surface area contributed by atoms with E-state index in [2.05, 4.69) is 51.4 Å². The van der Waals surface area contributed by atoms with Crippen molar-refractivity contribution in [2.45, 2.75) is 79.1 Å². The second kappa shape index (κ2) is 22.2. The van der Waals surface area contributed by atoms with Gasteiger partial charge in [0, 0.05) is 46.5 Å². The van der Waals surface area contributed by atoms with E-state index < -0.39 is 0 Å². The number of benzene rings is 2. The fourth-order valence-electron chi connectivity index (χ4n) is 4.72. The summed E-state index contributed by atoms with van der Waals surface area (Å²) in [6.07, 6.45) is 5.62. The van der Waals surface area contributed by atoms with E-state index in [1.54, 1.807) is 64.1 Å². The summed E-state index contributed by atoms with van der Waals surface area (Å²) in [6.45, 7) is 6.92. The summed E-state index contributed by atoms with van der Waals surface area (Å²) in [7, 11) is 0. The van der Waals surface area contributed by atoms with E-state index >= 15 is 0 Å². The molecule has 0 heterocycles. The number of nitrogens with one attached hydrogen (secondary N) is 2. The van der Waals surface area contributed by atoms with Crippen LogP contribution in [0.2, 0.25) is 0 Å². The number of anilines is 2. The number of carbonyl (C=O) groups is 2. The molecule has 0 saturated carbocycles. The molecule has 0 aliphatic rings. The first-order valence-corrected chi connectivity index (χ1v) is 17.0. The maximum absolute atomic E-state index is 12.8. The van der Waals surface area contributed by atoms with Crippen LogP contribution < -0.4 is 56.5 Å². The molecule has 18 N–H and O–H groups in total. The molecule has 54 heavy (non-hydrogen) atoms. The van der Waals surface area contributed by atoms with Crippen molar-refractivity contribution >= 4 is 69.9 Å². The molecule has 0 fully saturated rings.